The van der Waals surface area contributed by atoms with Gasteiger partial charge in [0.05, 0.1) is 0 Å². The van der Waals surface area contributed by atoms with Crippen LogP contribution in [-0.4, -0.2) is 10.2 Å². The first-order valence-corrected chi connectivity index (χ1v) is 6.60. The average molecular weight is 320 g/mol. The van der Waals surface area contributed by atoms with Gasteiger partial charge in [-0.1, -0.05) is 70.0 Å². The van der Waals surface area contributed by atoms with Crippen LogP contribution in [0.1, 0.15) is 0 Å². The minimum atomic E-state index is 0.414. The topological polar surface area (TPSA) is 25.8 Å². The Balaban J connectivity index is 2.39. The Hall–Kier alpha value is -1.45. The largest absolute Gasteiger partial charge is 0.160 e. The van der Waals surface area contributed by atoms with Crippen LogP contribution in [0.4, 0.5) is 0 Å². The SMILES string of the molecule is Clc1nnc(-c2ccccc2)c2cccc(Br)c12. The Morgan fingerprint density at radius 2 is 1.67 bits per heavy atom. The molecule has 2 nitrogen and oxygen atoms in total. The van der Waals surface area contributed by atoms with Crippen LogP contribution in [0.25, 0.3) is 22.0 Å². The third kappa shape index (κ3) is 1.89. The van der Waals surface area contributed by atoms with E-state index in [1.165, 1.54) is 0 Å². The molecular weight excluding hydrogens is 312 g/mol. The van der Waals surface area contributed by atoms with Gasteiger partial charge in [0.1, 0.15) is 5.69 Å². The summed E-state index contributed by atoms with van der Waals surface area (Å²) < 4.78 is 0.928. The summed E-state index contributed by atoms with van der Waals surface area (Å²) in [5, 5.41) is 10.6. The molecule has 3 rings (SSSR count). The molecular formula is C14H8BrClN2. The lowest BCUT2D eigenvalue weighted by Gasteiger charge is -2.07. The van der Waals surface area contributed by atoms with E-state index in [-0.39, 0.29) is 0 Å². The van der Waals surface area contributed by atoms with Crippen LogP contribution >= 0.6 is 27.5 Å². The van der Waals surface area contributed by atoms with Crippen molar-refractivity contribution in [3.63, 3.8) is 0 Å². The summed E-state index contributed by atoms with van der Waals surface area (Å²) >= 11 is 9.62. The van der Waals surface area contributed by atoms with Crippen molar-refractivity contribution >= 4 is 38.3 Å². The van der Waals surface area contributed by atoms with Crippen molar-refractivity contribution in [2.45, 2.75) is 0 Å². The van der Waals surface area contributed by atoms with E-state index in [2.05, 4.69) is 26.1 Å². The van der Waals surface area contributed by atoms with Crippen LogP contribution in [0.5, 0.6) is 0 Å². The summed E-state index contributed by atoms with van der Waals surface area (Å²) in [6.07, 6.45) is 0. The normalized spacial score (nSPS) is 10.8. The number of hydrogen-bond acceptors (Lipinski definition) is 2. The molecule has 0 unspecified atom stereocenters. The summed E-state index contributed by atoms with van der Waals surface area (Å²) in [4.78, 5) is 0. The number of halogens is 2. The molecule has 0 bridgehead atoms. The summed E-state index contributed by atoms with van der Waals surface area (Å²) in [6.45, 7) is 0. The molecule has 0 amide bonds. The number of benzene rings is 2. The van der Waals surface area contributed by atoms with E-state index in [1.54, 1.807) is 0 Å². The van der Waals surface area contributed by atoms with Crippen LogP contribution < -0.4 is 0 Å². The van der Waals surface area contributed by atoms with Crippen molar-refractivity contribution in [3.05, 3.63) is 58.2 Å². The molecule has 0 atom stereocenters. The number of hydrogen-bond donors (Lipinski definition) is 0. The van der Waals surface area contributed by atoms with Gasteiger partial charge in [0.2, 0.25) is 0 Å². The Labute approximate surface area is 118 Å². The molecule has 0 aliphatic carbocycles. The van der Waals surface area contributed by atoms with Gasteiger partial charge in [0.25, 0.3) is 0 Å². The molecule has 18 heavy (non-hydrogen) atoms. The molecule has 4 heteroatoms. The zero-order valence-corrected chi connectivity index (χ0v) is 11.6. The summed E-state index contributed by atoms with van der Waals surface area (Å²) in [5.41, 5.74) is 1.88. The fourth-order valence-corrected chi connectivity index (χ4v) is 2.85. The maximum atomic E-state index is 6.12. The first kappa shape index (κ1) is 11.6. The van der Waals surface area contributed by atoms with E-state index in [1.807, 2.05) is 48.5 Å². The lowest BCUT2D eigenvalue weighted by atomic mass is 10.1. The molecule has 0 spiro atoms. The fraction of sp³-hybridized carbons (Fsp3) is 0. The molecule has 0 radical (unpaired) electrons. The molecule has 0 N–H and O–H groups in total. The van der Waals surface area contributed by atoms with Crippen LogP contribution in [-0.2, 0) is 0 Å². The molecule has 0 aliphatic heterocycles. The van der Waals surface area contributed by atoms with E-state index >= 15 is 0 Å². The number of aromatic nitrogens is 2. The monoisotopic (exact) mass is 318 g/mol. The van der Waals surface area contributed by atoms with Crippen LogP contribution in [0.3, 0.4) is 0 Å². The van der Waals surface area contributed by atoms with E-state index in [0.29, 0.717) is 5.15 Å². The Morgan fingerprint density at radius 1 is 0.889 bits per heavy atom. The lowest BCUT2D eigenvalue weighted by molar-refractivity contribution is 1.06. The number of nitrogens with zero attached hydrogens (tertiary/aromatic N) is 2. The maximum Gasteiger partial charge on any atom is 0.160 e. The predicted molar refractivity (Wildman–Crippen MR) is 77.7 cm³/mol. The van der Waals surface area contributed by atoms with Crippen molar-refractivity contribution in [1.82, 2.24) is 10.2 Å². The number of fused-ring (bicyclic) bond motifs is 1. The van der Waals surface area contributed by atoms with Crippen molar-refractivity contribution in [3.8, 4) is 11.3 Å². The molecule has 0 saturated carbocycles. The van der Waals surface area contributed by atoms with Gasteiger partial charge in [-0.2, -0.15) is 0 Å². The van der Waals surface area contributed by atoms with E-state index < -0.39 is 0 Å². The van der Waals surface area contributed by atoms with Gasteiger partial charge >= 0.3 is 0 Å². The second kappa shape index (κ2) is 4.67. The minimum Gasteiger partial charge on any atom is -0.148 e. The van der Waals surface area contributed by atoms with Gasteiger partial charge < -0.3 is 0 Å². The zero-order chi connectivity index (χ0) is 12.5. The first-order valence-electron chi connectivity index (χ1n) is 5.43. The molecule has 2 aromatic carbocycles. The molecule has 1 heterocycles. The minimum absolute atomic E-state index is 0.414. The zero-order valence-electron chi connectivity index (χ0n) is 9.27. The third-order valence-electron chi connectivity index (χ3n) is 2.76. The molecule has 3 aromatic rings. The molecule has 1 aromatic heterocycles. The summed E-state index contributed by atoms with van der Waals surface area (Å²) in [6, 6.07) is 15.9. The quantitative estimate of drug-likeness (QED) is 0.649. The smallest absolute Gasteiger partial charge is 0.148 e. The van der Waals surface area contributed by atoms with Gasteiger partial charge in [-0.25, -0.2) is 0 Å². The molecule has 0 fully saturated rings. The van der Waals surface area contributed by atoms with Crippen LogP contribution in [0, 0.1) is 0 Å². The standard InChI is InChI=1S/C14H8BrClN2/c15-11-8-4-7-10-12(11)14(16)18-17-13(10)9-5-2-1-3-6-9/h1-8H. The summed E-state index contributed by atoms with van der Waals surface area (Å²) in [7, 11) is 0. The van der Waals surface area contributed by atoms with Crippen molar-refractivity contribution in [1.29, 1.82) is 0 Å². The first-order chi connectivity index (χ1) is 8.77. The van der Waals surface area contributed by atoms with E-state index in [0.717, 1.165) is 26.5 Å². The second-order valence-electron chi connectivity index (χ2n) is 3.87. The highest BCUT2D eigenvalue weighted by atomic mass is 79.9. The Morgan fingerprint density at radius 3 is 2.44 bits per heavy atom. The number of rotatable bonds is 1. The highest BCUT2D eigenvalue weighted by molar-refractivity contribution is 9.10. The van der Waals surface area contributed by atoms with Crippen LogP contribution in [0.15, 0.2) is 53.0 Å². The van der Waals surface area contributed by atoms with Crippen molar-refractivity contribution < 1.29 is 0 Å². The van der Waals surface area contributed by atoms with E-state index in [9.17, 15) is 0 Å². The molecule has 0 saturated heterocycles. The van der Waals surface area contributed by atoms with Gasteiger partial charge in [-0.05, 0) is 6.07 Å². The van der Waals surface area contributed by atoms with Gasteiger partial charge in [0.15, 0.2) is 5.15 Å². The van der Waals surface area contributed by atoms with E-state index in [4.69, 9.17) is 11.6 Å². The van der Waals surface area contributed by atoms with Gasteiger partial charge in [0, 0.05) is 20.8 Å². The molecule has 88 valence electrons. The van der Waals surface area contributed by atoms with Crippen LogP contribution in [0.2, 0.25) is 5.15 Å². The average Bonchev–Trinajstić information content (AvgIpc) is 2.40. The van der Waals surface area contributed by atoms with Crippen molar-refractivity contribution in [2.75, 3.05) is 0 Å². The fourth-order valence-electron chi connectivity index (χ4n) is 1.94. The van der Waals surface area contributed by atoms with Crippen molar-refractivity contribution in [2.24, 2.45) is 0 Å². The Bertz CT molecular complexity index is 705. The molecule has 0 aliphatic rings. The second-order valence-corrected chi connectivity index (χ2v) is 5.08. The Kier molecular flexibility index (Phi) is 3.02. The predicted octanol–water partition coefficient (Wildman–Crippen LogP) is 4.71. The third-order valence-corrected chi connectivity index (χ3v) is 3.69. The lowest BCUT2D eigenvalue weighted by Crippen LogP contribution is -1.91. The maximum absolute atomic E-state index is 6.12. The summed E-state index contributed by atoms with van der Waals surface area (Å²) in [5.74, 6) is 0. The highest BCUT2D eigenvalue weighted by Gasteiger charge is 2.11. The van der Waals surface area contributed by atoms with Gasteiger partial charge in [-0.3, -0.25) is 0 Å². The highest BCUT2D eigenvalue weighted by Crippen LogP contribution is 2.33. The van der Waals surface area contributed by atoms with Gasteiger partial charge in [-0.15, -0.1) is 10.2 Å².